The molecule has 7 nitrogen and oxygen atoms in total. The highest BCUT2D eigenvalue weighted by Gasteiger charge is 2.22. The lowest BCUT2D eigenvalue weighted by molar-refractivity contribution is 0.0517. The van der Waals surface area contributed by atoms with Gasteiger partial charge < -0.3 is 25.7 Å². The molecule has 23 heavy (non-hydrogen) atoms. The maximum absolute atomic E-state index is 11.9. The molecule has 0 saturated carbocycles. The number of carbonyl (C=O) groups excluding carboxylic acids is 1. The average molecular weight is 325 g/mol. The van der Waals surface area contributed by atoms with Crippen LogP contribution in [0.1, 0.15) is 34.1 Å². The van der Waals surface area contributed by atoms with E-state index in [9.17, 15) is 4.79 Å². The van der Waals surface area contributed by atoms with E-state index in [0.29, 0.717) is 6.42 Å². The van der Waals surface area contributed by atoms with Crippen molar-refractivity contribution in [1.29, 1.82) is 0 Å². The highest BCUT2D eigenvalue weighted by molar-refractivity contribution is 5.88. The van der Waals surface area contributed by atoms with E-state index in [-0.39, 0.29) is 5.84 Å². The van der Waals surface area contributed by atoms with Crippen molar-refractivity contribution >= 4 is 11.9 Å². The minimum absolute atomic E-state index is 0.109. The standard InChI is InChI=1S/C16H27N3O4/c1-6-8-12(9-7-10-22-5)11-13(14(17)19-21)18-15(20)23-16(2,3)4/h6-10,13,21H,11H2,1-5H3,(H2,17,19)(H,18,20)/b8-6-,10-7+,12-9+/t13-/m0/s1. The average Bonchev–Trinajstić information content (AvgIpc) is 2.44. The van der Waals surface area contributed by atoms with Gasteiger partial charge in [0.1, 0.15) is 5.60 Å². The zero-order chi connectivity index (χ0) is 17.9. The Morgan fingerprint density at radius 1 is 1.43 bits per heavy atom. The molecule has 0 radical (unpaired) electrons. The summed E-state index contributed by atoms with van der Waals surface area (Å²) in [6, 6.07) is -0.701. The number of allylic oxidation sites excluding steroid dienone is 4. The van der Waals surface area contributed by atoms with Gasteiger partial charge in [-0.15, -0.1) is 0 Å². The molecule has 0 saturated heterocycles. The summed E-state index contributed by atoms with van der Waals surface area (Å²) in [6.45, 7) is 7.14. The van der Waals surface area contributed by atoms with Gasteiger partial charge in [0.05, 0.1) is 19.4 Å². The Labute approximate surface area is 137 Å². The molecule has 0 heterocycles. The molecule has 0 aliphatic heterocycles. The van der Waals surface area contributed by atoms with E-state index in [1.807, 2.05) is 19.1 Å². The Morgan fingerprint density at radius 2 is 2.09 bits per heavy atom. The molecular formula is C16H27N3O4. The van der Waals surface area contributed by atoms with Gasteiger partial charge >= 0.3 is 6.09 Å². The van der Waals surface area contributed by atoms with Crippen LogP contribution >= 0.6 is 0 Å². The molecule has 130 valence electrons. The van der Waals surface area contributed by atoms with Gasteiger partial charge in [0.2, 0.25) is 0 Å². The molecule has 1 amide bonds. The second-order valence-electron chi connectivity index (χ2n) is 5.73. The highest BCUT2D eigenvalue weighted by atomic mass is 16.6. The topological polar surface area (TPSA) is 106 Å². The molecule has 0 aromatic rings. The molecule has 0 spiro atoms. The number of carbonyl (C=O) groups is 1. The van der Waals surface area contributed by atoms with Crippen molar-refractivity contribution in [2.45, 2.75) is 45.8 Å². The number of oxime groups is 1. The molecular weight excluding hydrogens is 298 g/mol. The van der Waals surface area contributed by atoms with Crippen LogP contribution in [0.3, 0.4) is 0 Å². The molecule has 0 aromatic heterocycles. The molecule has 4 N–H and O–H groups in total. The lowest BCUT2D eigenvalue weighted by Gasteiger charge is -2.23. The minimum atomic E-state index is -0.701. The summed E-state index contributed by atoms with van der Waals surface area (Å²) in [5, 5.41) is 14.5. The lowest BCUT2D eigenvalue weighted by Crippen LogP contribution is -2.46. The number of hydrogen-bond acceptors (Lipinski definition) is 5. The van der Waals surface area contributed by atoms with Gasteiger partial charge in [0.15, 0.2) is 5.84 Å². The lowest BCUT2D eigenvalue weighted by atomic mass is 10.0. The fourth-order valence-electron chi connectivity index (χ4n) is 1.63. The molecule has 0 aliphatic rings. The molecule has 1 atom stereocenters. The number of nitrogens with one attached hydrogen (secondary N) is 1. The van der Waals surface area contributed by atoms with Crippen LogP contribution in [0.4, 0.5) is 4.79 Å². The van der Waals surface area contributed by atoms with E-state index in [4.69, 9.17) is 20.4 Å². The quantitative estimate of drug-likeness (QED) is 0.167. The SMILES string of the molecule is C\C=C/C(=C\C=C\OC)C[C@H](NC(=O)OC(C)(C)C)/C(N)=N/O. The fourth-order valence-corrected chi connectivity index (χ4v) is 1.63. The van der Waals surface area contributed by atoms with Crippen LogP contribution in [0.5, 0.6) is 0 Å². The van der Waals surface area contributed by atoms with Crippen LogP contribution in [0.2, 0.25) is 0 Å². The Kier molecular flexibility index (Phi) is 9.22. The van der Waals surface area contributed by atoms with Crippen molar-refractivity contribution < 1.29 is 19.5 Å². The maximum atomic E-state index is 11.9. The van der Waals surface area contributed by atoms with Crippen molar-refractivity contribution in [1.82, 2.24) is 5.32 Å². The van der Waals surface area contributed by atoms with E-state index < -0.39 is 17.7 Å². The van der Waals surface area contributed by atoms with Crippen LogP contribution in [-0.4, -0.2) is 35.9 Å². The first-order valence-electron chi connectivity index (χ1n) is 7.21. The molecule has 0 aliphatic carbocycles. The van der Waals surface area contributed by atoms with Gasteiger partial charge in [0.25, 0.3) is 0 Å². The smallest absolute Gasteiger partial charge is 0.408 e. The number of rotatable bonds is 7. The van der Waals surface area contributed by atoms with E-state index in [0.717, 1.165) is 5.57 Å². The second-order valence-corrected chi connectivity index (χ2v) is 5.73. The Bertz CT molecular complexity index is 488. The first-order valence-corrected chi connectivity index (χ1v) is 7.21. The van der Waals surface area contributed by atoms with Crippen molar-refractivity contribution in [3.63, 3.8) is 0 Å². The van der Waals surface area contributed by atoms with Crippen LogP contribution in [0.25, 0.3) is 0 Å². The predicted octanol–water partition coefficient (Wildman–Crippen LogP) is 2.68. The maximum Gasteiger partial charge on any atom is 0.408 e. The number of hydrogen-bond donors (Lipinski definition) is 3. The van der Waals surface area contributed by atoms with E-state index in [1.165, 1.54) is 6.26 Å². The number of nitrogens with two attached hydrogens (primary N) is 1. The zero-order valence-corrected chi connectivity index (χ0v) is 14.4. The summed E-state index contributed by atoms with van der Waals surface area (Å²) in [6.07, 6.45) is 8.43. The van der Waals surface area contributed by atoms with E-state index in [2.05, 4.69) is 10.5 Å². The van der Waals surface area contributed by atoms with Gasteiger partial charge in [-0.3, -0.25) is 0 Å². The number of amidine groups is 1. The summed E-state index contributed by atoms with van der Waals surface area (Å²) in [4.78, 5) is 11.9. The van der Waals surface area contributed by atoms with Gasteiger partial charge in [-0.2, -0.15) is 0 Å². The molecule has 0 rings (SSSR count). The van der Waals surface area contributed by atoms with Gasteiger partial charge in [-0.05, 0) is 39.3 Å². The monoisotopic (exact) mass is 325 g/mol. The molecule has 0 unspecified atom stereocenters. The summed E-state index contributed by atoms with van der Waals surface area (Å²) in [7, 11) is 1.54. The molecule has 7 heteroatoms. The van der Waals surface area contributed by atoms with Crippen LogP contribution in [0.15, 0.2) is 41.3 Å². The third-order valence-electron chi connectivity index (χ3n) is 2.51. The van der Waals surface area contributed by atoms with Crippen molar-refractivity contribution in [3.05, 3.63) is 36.1 Å². The van der Waals surface area contributed by atoms with Gasteiger partial charge in [-0.1, -0.05) is 23.4 Å². The number of nitrogens with zero attached hydrogens (tertiary/aromatic N) is 1. The van der Waals surface area contributed by atoms with E-state index in [1.54, 1.807) is 40.0 Å². The van der Waals surface area contributed by atoms with Gasteiger partial charge in [0, 0.05) is 6.42 Å². The predicted molar refractivity (Wildman–Crippen MR) is 90.2 cm³/mol. The second kappa shape index (κ2) is 10.3. The van der Waals surface area contributed by atoms with Crippen molar-refractivity contribution in [2.75, 3.05) is 7.11 Å². The Hall–Kier alpha value is -2.44. The minimum Gasteiger partial charge on any atom is -0.504 e. The fraction of sp³-hybridized carbons (Fsp3) is 0.500. The van der Waals surface area contributed by atoms with Crippen molar-refractivity contribution in [2.24, 2.45) is 10.9 Å². The molecule has 0 fully saturated rings. The number of alkyl carbamates (subject to hydrolysis) is 1. The summed E-state index contributed by atoms with van der Waals surface area (Å²) < 4.78 is 10.0. The molecule has 0 bridgehead atoms. The van der Waals surface area contributed by atoms with Crippen molar-refractivity contribution in [3.8, 4) is 0 Å². The van der Waals surface area contributed by atoms with Crippen LogP contribution < -0.4 is 11.1 Å². The zero-order valence-electron chi connectivity index (χ0n) is 14.4. The third-order valence-corrected chi connectivity index (χ3v) is 2.51. The normalized spacial score (nSPS) is 15.0. The summed E-state index contributed by atoms with van der Waals surface area (Å²) in [5.41, 5.74) is 5.88. The Morgan fingerprint density at radius 3 is 2.57 bits per heavy atom. The number of ether oxygens (including phenoxy) is 2. The largest absolute Gasteiger partial charge is 0.504 e. The Balaban J connectivity index is 5.13. The number of methoxy groups -OCH3 is 1. The van der Waals surface area contributed by atoms with E-state index >= 15 is 0 Å². The van der Waals surface area contributed by atoms with Crippen LogP contribution in [-0.2, 0) is 9.47 Å². The third kappa shape index (κ3) is 10.00. The summed E-state index contributed by atoms with van der Waals surface area (Å²) in [5.74, 6) is -0.109. The summed E-state index contributed by atoms with van der Waals surface area (Å²) >= 11 is 0. The number of amides is 1. The first-order chi connectivity index (χ1) is 10.7. The highest BCUT2D eigenvalue weighted by Crippen LogP contribution is 2.11. The van der Waals surface area contributed by atoms with Crippen LogP contribution in [0, 0.1) is 0 Å². The van der Waals surface area contributed by atoms with Gasteiger partial charge in [-0.25, -0.2) is 4.79 Å². The molecule has 0 aromatic carbocycles. The first kappa shape index (κ1) is 20.6.